The summed E-state index contributed by atoms with van der Waals surface area (Å²) in [5.74, 6) is -0.142. The normalized spacial score (nSPS) is 22.9. The van der Waals surface area contributed by atoms with E-state index in [4.69, 9.17) is 4.74 Å². The van der Waals surface area contributed by atoms with E-state index in [-0.39, 0.29) is 30.2 Å². The third-order valence-electron chi connectivity index (χ3n) is 2.93. The van der Waals surface area contributed by atoms with Gasteiger partial charge in [-0.3, -0.25) is 0 Å². The molecule has 1 aromatic rings. The van der Waals surface area contributed by atoms with E-state index in [1.54, 1.807) is 6.92 Å². The molecule has 5 nitrogen and oxygen atoms in total. The van der Waals surface area contributed by atoms with Crippen LogP contribution in [0.25, 0.3) is 0 Å². The number of hydrogen-bond acceptors (Lipinski definition) is 4. The fourth-order valence-corrected chi connectivity index (χ4v) is 2.05. The van der Waals surface area contributed by atoms with Gasteiger partial charge in [-0.05, 0) is 12.8 Å². The number of fused-ring (bicyclic) bond motifs is 1. The van der Waals surface area contributed by atoms with Crippen LogP contribution in [-0.4, -0.2) is 27.3 Å². The second-order valence-corrected chi connectivity index (χ2v) is 4.47. The van der Waals surface area contributed by atoms with Crippen LogP contribution in [0.3, 0.4) is 0 Å². The lowest BCUT2D eigenvalue weighted by Crippen LogP contribution is -2.14. The van der Waals surface area contributed by atoms with Gasteiger partial charge in [0.2, 0.25) is 0 Å². The first-order valence-electron chi connectivity index (χ1n) is 5.82. The van der Waals surface area contributed by atoms with Crippen molar-refractivity contribution in [3.63, 3.8) is 0 Å². The molecule has 2 atom stereocenters. The molecular weight excluding hydrogens is 225 g/mol. The largest absolute Gasteiger partial charge is 0.460 e. The Bertz CT molecular complexity index is 430. The predicted octanol–water partition coefficient (Wildman–Crippen LogP) is 2.07. The third-order valence-corrected chi connectivity index (χ3v) is 2.93. The topological polar surface area (TPSA) is 57.0 Å². The molecule has 1 aliphatic rings. The molecule has 0 amide bonds. The lowest BCUT2D eigenvalue weighted by molar-refractivity contribution is 0.0510. The van der Waals surface area contributed by atoms with Gasteiger partial charge in [0.15, 0.2) is 12.0 Å². The van der Waals surface area contributed by atoms with Crippen molar-refractivity contribution in [1.82, 2.24) is 14.8 Å². The molecule has 0 radical (unpaired) electrons. The van der Waals surface area contributed by atoms with Gasteiger partial charge in [-0.15, -0.1) is 5.10 Å². The molecule has 2 heterocycles. The van der Waals surface area contributed by atoms with Crippen LogP contribution in [0.15, 0.2) is 0 Å². The number of esters is 1. The zero-order valence-corrected chi connectivity index (χ0v) is 10.2. The summed E-state index contributed by atoms with van der Waals surface area (Å²) < 4.78 is 20.0. The monoisotopic (exact) mass is 241 g/mol. The highest BCUT2D eigenvalue weighted by Crippen LogP contribution is 2.39. The van der Waals surface area contributed by atoms with Gasteiger partial charge in [0, 0.05) is 6.42 Å². The van der Waals surface area contributed by atoms with E-state index < -0.39 is 12.1 Å². The van der Waals surface area contributed by atoms with E-state index >= 15 is 0 Å². The third kappa shape index (κ3) is 2.03. The van der Waals surface area contributed by atoms with Crippen LogP contribution in [0, 0.1) is 5.92 Å². The Hall–Kier alpha value is -1.46. The first kappa shape index (κ1) is 12.0. The van der Waals surface area contributed by atoms with Crippen molar-refractivity contribution in [2.75, 3.05) is 6.61 Å². The molecule has 0 bridgehead atoms. The minimum atomic E-state index is -1.14. The molecule has 0 saturated heterocycles. The van der Waals surface area contributed by atoms with Gasteiger partial charge in [-0.2, -0.15) is 0 Å². The first-order valence-corrected chi connectivity index (χ1v) is 5.82. The molecule has 0 saturated carbocycles. The summed E-state index contributed by atoms with van der Waals surface area (Å²) >= 11 is 0. The summed E-state index contributed by atoms with van der Waals surface area (Å²) in [6.45, 7) is 5.96. The average molecular weight is 241 g/mol. The van der Waals surface area contributed by atoms with Crippen molar-refractivity contribution in [2.24, 2.45) is 5.92 Å². The zero-order valence-electron chi connectivity index (χ0n) is 10.2. The number of hydrogen-bond donors (Lipinski definition) is 0. The van der Waals surface area contributed by atoms with Crippen LogP contribution >= 0.6 is 0 Å². The molecule has 2 unspecified atom stereocenters. The van der Waals surface area contributed by atoms with Crippen molar-refractivity contribution < 1.29 is 13.9 Å². The SMILES string of the molecule is CCOC(=O)c1nc2n(n1)C(C(C)C)CC2F. The van der Waals surface area contributed by atoms with Crippen molar-refractivity contribution in [1.29, 1.82) is 0 Å². The molecule has 0 aromatic carbocycles. The zero-order chi connectivity index (χ0) is 12.6. The van der Waals surface area contributed by atoms with Gasteiger partial charge in [0.05, 0.1) is 12.6 Å². The number of carbonyl (C=O) groups excluding carboxylic acids is 1. The maximum atomic E-state index is 13.7. The summed E-state index contributed by atoms with van der Waals surface area (Å²) in [7, 11) is 0. The highest BCUT2D eigenvalue weighted by molar-refractivity contribution is 5.85. The summed E-state index contributed by atoms with van der Waals surface area (Å²) in [4.78, 5) is 15.4. The van der Waals surface area contributed by atoms with Gasteiger partial charge in [0.25, 0.3) is 5.82 Å². The Morgan fingerprint density at radius 1 is 1.65 bits per heavy atom. The van der Waals surface area contributed by atoms with Gasteiger partial charge >= 0.3 is 5.97 Å². The Morgan fingerprint density at radius 2 is 2.35 bits per heavy atom. The second-order valence-electron chi connectivity index (χ2n) is 4.47. The fraction of sp³-hybridized carbons (Fsp3) is 0.727. The molecule has 0 fully saturated rings. The molecule has 6 heteroatoms. The van der Waals surface area contributed by atoms with Crippen molar-refractivity contribution in [2.45, 2.75) is 39.4 Å². The lowest BCUT2D eigenvalue weighted by Gasteiger charge is -2.14. The number of carbonyl (C=O) groups is 1. The van der Waals surface area contributed by atoms with Crippen molar-refractivity contribution in [3.8, 4) is 0 Å². The first-order chi connectivity index (χ1) is 8.04. The fourth-order valence-electron chi connectivity index (χ4n) is 2.05. The number of halogens is 1. The van der Waals surface area contributed by atoms with Crippen LogP contribution in [0.5, 0.6) is 0 Å². The van der Waals surface area contributed by atoms with Gasteiger partial charge in [-0.1, -0.05) is 13.8 Å². The molecular formula is C11H16FN3O2. The standard InChI is InChI=1S/C11H16FN3O2/c1-4-17-11(16)9-13-10-7(12)5-8(6(2)3)15(10)14-9/h6-8H,4-5H2,1-3H3. The number of ether oxygens (including phenoxy) is 1. The van der Waals surface area contributed by atoms with Crippen LogP contribution in [0.4, 0.5) is 4.39 Å². The Labute approximate surface area is 99.0 Å². The van der Waals surface area contributed by atoms with E-state index in [2.05, 4.69) is 10.1 Å². The molecule has 0 aliphatic carbocycles. The van der Waals surface area contributed by atoms with Gasteiger partial charge in [-0.25, -0.2) is 18.9 Å². The number of rotatable bonds is 3. The molecule has 2 rings (SSSR count). The van der Waals surface area contributed by atoms with Gasteiger partial charge < -0.3 is 4.74 Å². The number of nitrogens with zero attached hydrogens (tertiary/aromatic N) is 3. The molecule has 94 valence electrons. The molecule has 1 aliphatic heterocycles. The maximum absolute atomic E-state index is 13.7. The summed E-state index contributed by atoms with van der Waals surface area (Å²) in [5, 5.41) is 4.05. The van der Waals surface area contributed by atoms with E-state index in [0.29, 0.717) is 6.42 Å². The highest BCUT2D eigenvalue weighted by Gasteiger charge is 2.37. The van der Waals surface area contributed by atoms with E-state index in [1.807, 2.05) is 13.8 Å². The molecule has 0 spiro atoms. The van der Waals surface area contributed by atoms with Crippen LogP contribution in [-0.2, 0) is 4.74 Å². The lowest BCUT2D eigenvalue weighted by atomic mass is 10.0. The van der Waals surface area contributed by atoms with Crippen molar-refractivity contribution >= 4 is 5.97 Å². The van der Waals surface area contributed by atoms with Crippen LogP contribution in [0.2, 0.25) is 0 Å². The van der Waals surface area contributed by atoms with Crippen LogP contribution in [0.1, 0.15) is 55.8 Å². The number of aromatic nitrogens is 3. The summed E-state index contributed by atoms with van der Waals surface area (Å²) in [6.07, 6.45) is -0.756. The van der Waals surface area contributed by atoms with E-state index in [0.717, 1.165) is 0 Å². The van der Waals surface area contributed by atoms with E-state index in [9.17, 15) is 9.18 Å². The quantitative estimate of drug-likeness (QED) is 0.760. The van der Waals surface area contributed by atoms with E-state index in [1.165, 1.54) is 4.68 Å². The van der Waals surface area contributed by atoms with Crippen molar-refractivity contribution in [3.05, 3.63) is 11.6 Å². The Morgan fingerprint density at radius 3 is 2.94 bits per heavy atom. The minimum absolute atomic E-state index is 0.0318. The Kier molecular flexibility index (Phi) is 3.13. The maximum Gasteiger partial charge on any atom is 0.378 e. The average Bonchev–Trinajstić information content (AvgIpc) is 2.80. The Balaban J connectivity index is 2.29. The second kappa shape index (κ2) is 4.43. The van der Waals surface area contributed by atoms with Gasteiger partial charge in [0.1, 0.15) is 0 Å². The molecule has 1 aromatic heterocycles. The highest BCUT2D eigenvalue weighted by atomic mass is 19.1. The van der Waals surface area contributed by atoms with Crippen LogP contribution < -0.4 is 0 Å². The summed E-state index contributed by atoms with van der Waals surface area (Å²) in [5.41, 5.74) is 0. The minimum Gasteiger partial charge on any atom is -0.460 e. The molecule has 17 heavy (non-hydrogen) atoms. The summed E-state index contributed by atoms with van der Waals surface area (Å²) in [6, 6.07) is -0.0318. The smallest absolute Gasteiger partial charge is 0.378 e. The predicted molar refractivity (Wildman–Crippen MR) is 58.3 cm³/mol. The molecule has 0 N–H and O–H groups in total. The number of alkyl halides is 1.